The van der Waals surface area contributed by atoms with E-state index in [2.05, 4.69) is 10.2 Å². The molecule has 112 valence electrons. The molecule has 1 atom stereocenters. The van der Waals surface area contributed by atoms with Crippen LogP contribution in [0.3, 0.4) is 0 Å². The number of benzene rings is 1. The molecule has 2 aromatic rings. The molecule has 0 amide bonds. The summed E-state index contributed by atoms with van der Waals surface area (Å²) in [6.07, 6.45) is 3.36. The maximum Gasteiger partial charge on any atom is 0.243 e. The predicted octanol–water partition coefficient (Wildman–Crippen LogP) is 2.55. The Morgan fingerprint density at radius 3 is 2.81 bits per heavy atom. The van der Waals surface area contributed by atoms with Crippen molar-refractivity contribution in [3.63, 3.8) is 0 Å². The lowest BCUT2D eigenvalue weighted by Gasteiger charge is -2.24. The number of nitrogens with zero attached hydrogens (tertiary/aromatic N) is 2. The summed E-state index contributed by atoms with van der Waals surface area (Å²) >= 11 is 0. The predicted molar refractivity (Wildman–Crippen MR) is 80.4 cm³/mol. The highest BCUT2D eigenvalue weighted by atomic mass is 32.2. The molecule has 1 aromatic heterocycles. The lowest BCUT2D eigenvalue weighted by molar-refractivity contribution is 0.390. The van der Waals surface area contributed by atoms with Crippen molar-refractivity contribution >= 4 is 10.0 Å². The van der Waals surface area contributed by atoms with Crippen molar-refractivity contribution in [1.82, 2.24) is 14.5 Å². The largest absolute Gasteiger partial charge is 0.281 e. The van der Waals surface area contributed by atoms with E-state index >= 15 is 0 Å². The minimum atomic E-state index is -3.48. The SMILES string of the molecule is Cc1ccc(C)c(S(=O)(=O)N2CCC[C@@H]2c2ccn[nH]2)c1. The summed E-state index contributed by atoms with van der Waals surface area (Å²) in [5.41, 5.74) is 2.61. The Labute approximate surface area is 125 Å². The second-order valence-electron chi connectivity index (χ2n) is 5.55. The topological polar surface area (TPSA) is 66.1 Å². The third-order valence-electron chi connectivity index (χ3n) is 4.02. The number of aromatic amines is 1. The summed E-state index contributed by atoms with van der Waals surface area (Å²) in [5, 5.41) is 6.84. The van der Waals surface area contributed by atoms with Crippen molar-refractivity contribution in [1.29, 1.82) is 0 Å². The number of hydrogen-bond donors (Lipinski definition) is 1. The first-order valence-corrected chi connectivity index (χ1v) is 8.52. The zero-order chi connectivity index (χ0) is 15.0. The first-order valence-electron chi connectivity index (χ1n) is 7.08. The van der Waals surface area contributed by atoms with Gasteiger partial charge in [0.1, 0.15) is 0 Å². The monoisotopic (exact) mass is 305 g/mol. The van der Waals surface area contributed by atoms with Gasteiger partial charge in [0.2, 0.25) is 10.0 Å². The van der Waals surface area contributed by atoms with Crippen molar-refractivity contribution in [3.8, 4) is 0 Å². The minimum absolute atomic E-state index is 0.141. The second-order valence-corrected chi connectivity index (χ2v) is 7.41. The molecule has 1 N–H and O–H groups in total. The van der Waals surface area contributed by atoms with E-state index in [9.17, 15) is 8.42 Å². The van der Waals surface area contributed by atoms with Crippen LogP contribution in [0.1, 0.15) is 35.7 Å². The normalized spacial score (nSPS) is 20.0. The van der Waals surface area contributed by atoms with Gasteiger partial charge < -0.3 is 0 Å². The molecule has 0 radical (unpaired) electrons. The molecule has 1 fully saturated rings. The zero-order valence-corrected chi connectivity index (χ0v) is 13.0. The van der Waals surface area contributed by atoms with Crippen LogP contribution >= 0.6 is 0 Å². The minimum Gasteiger partial charge on any atom is -0.281 e. The van der Waals surface area contributed by atoms with Gasteiger partial charge in [0.15, 0.2) is 0 Å². The Balaban J connectivity index is 2.03. The number of rotatable bonds is 3. The molecule has 1 saturated heterocycles. The van der Waals surface area contributed by atoms with Crippen molar-refractivity contribution in [2.45, 2.75) is 37.6 Å². The highest BCUT2D eigenvalue weighted by molar-refractivity contribution is 7.89. The van der Waals surface area contributed by atoms with Crippen LogP contribution in [0.2, 0.25) is 0 Å². The van der Waals surface area contributed by atoms with E-state index in [4.69, 9.17) is 0 Å². The third kappa shape index (κ3) is 2.49. The van der Waals surface area contributed by atoms with Crippen LogP contribution in [0.5, 0.6) is 0 Å². The molecule has 0 saturated carbocycles. The number of aromatic nitrogens is 2. The second kappa shape index (κ2) is 5.27. The van der Waals surface area contributed by atoms with E-state index in [1.165, 1.54) is 0 Å². The van der Waals surface area contributed by atoms with Crippen molar-refractivity contribution in [2.24, 2.45) is 0 Å². The molecule has 2 heterocycles. The lowest BCUT2D eigenvalue weighted by Crippen LogP contribution is -2.31. The molecule has 0 unspecified atom stereocenters. The highest BCUT2D eigenvalue weighted by Crippen LogP contribution is 2.36. The molecule has 1 aliphatic rings. The van der Waals surface area contributed by atoms with Crippen LogP contribution in [0, 0.1) is 13.8 Å². The summed E-state index contributed by atoms with van der Waals surface area (Å²) in [6.45, 7) is 4.31. The van der Waals surface area contributed by atoms with Crippen molar-refractivity contribution in [2.75, 3.05) is 6.54 Å². The first-order chi connectivity index (χ1) is 10.00. The number of H-pyrrole nitrogens is 1. The zero-order valence-electron chi connectivity index (χ0n) is 12.2. The standard InChI is InChI=1S/C15H19N3O2S/c1-11-5-6-12(2)15(10-11)21(19,20)18-9-3-4-14(18)13-7-8-16-17-13/h5-8,10,14H,3-4,9H2,1-2H3,(H,16,17)/t14-/m1/s1. The van der Waals surface area contributed by atoms with Gasteiger partial charge in [-0.15, -0.1) is 0 Å². The average Bonchev–Trinajstić information content (AvgIpc) is 3.10. The fraction of sp³-hybridized carbons (Fsp3) is 0.400. The Kier molecular flexibility index (Phi) is 3.59. The van der Waals surface area contributed by atoms with Crippen molar-refractivity contribution < 1.29 is 8.42 Å². The highest BCUT2D eigenvalue weighted by Gasteiger charge is 2.37. The van der Waals surface area contributed by atoms with E-state index in [-0.39, 0.29) is 6.04 Å². The quantitative estimate of drug-likeness (QED) is 0.947. The van der Waals surface area contributed by atoms with E-state index in [0.717, 1.165) is 29.7 Å². The number of sulfonamides is 1. The molecule has 5 nitrogen and oxygen atoms in total. The molecule has 21 heavy (non-hydrogen) atoms. The van der Waals surface area contributed by atoms with E-state index < -0.39 is 10.0 Å². The number of nitrogens with one attached hydrogen (secondary N) is 1. The molecule has 1 aliphatic heterocycles. The Hall–Kier alpha value is -1.66. The Bertz CT molecular complexity index is 738. The van der Waals surface area contributed by atoms with E-state index in [0.29, 0.717) is 11.4 Å². The molecule has 0 bridgehead atoms. The van der Waals surface area contributed by atoms with Crippen LogP contribution in [0.4, 0.5) is 0 Å². The summed E-state index contributed by atoms with van der Waals surface area (Å²) in [5.74, 6) is 0. The maximum absolute atomic E-state index is 13.0. The Morgan fingerprint density at radius 2 is 2.10 bits per heavy atom. The van der Waals surface area contributed by atoms with Gasteiger partial charge in [0, 0.05) is 12.7 Å². The van der Waals surface area contributed by atoms with Crippen LogP contribution in [0.15, 0.2) is 35.4 Å². The van der Waals surface area contributed by atoms with Gasteiger partial charge in [0.25, 0.3) is 0 Å². The van der Waals surface area contributed by atoms with Gasteiger partial charge in [-0.2, -0.15) is 9.40 Å². The summed E-state index contributed by atoms with van der Waals surface area (Å²) in [6, 6.07) is 7.26. The molecule has 6 heteroatoms. The third-order valence-corrected chi connectivity index (χ3v) is 6.07. The van der Waals surface area contributed by atoms with Crippen LogP contribution in [-0.4, -0.2) is 29.5 Å². The number of aryl methyl sites for hydroxylation is 2. The van der Waals surface area contributed by atoms with E-state index in [1.54, 1.807) is 16.6 Å². The Morgan fingerprint density at radius 1 is 1.29 bits per heavy atom. The molecular weight excluding hydrogens is 286 g/mol. The van der Waals surface area contributed by atoms with Gasteiger partial charge in [-0.25, -0.2) is 8.42 Å². The van der Waals surface area contributed by atoms with Gasteiger partial charge in [-0.3, -0.25) is 5.10 Å². The fourth-order valence-corrected chi connectivity index (χ4v) is 4.89. The lowest BCUT2D eigenvalue weighted by atomic mass is 10.2. The van der Waals surface area contributed by atoms with E-state index in [1.807, 2.05) is 32.0 Å². The molecule has 0 aliphatic carbocycles. The maximum atomic E-state index is 13.0. The van der Waals surface area contributed by atoms with Crippen LogP contribution in [0.25, 0.3) is 0 Å². The van der Waals surface area contributed by atoms with Gasteiger partial charge in [-0.05, 0) is 49.9 Å². The van der Waals surface area contributed by atoms with Gasteiger partial charge in [0.05, 0.1) is 16.6 Å². The van der Waals surface area contributed by atoms with Crippen LogP contribution < -0.4 is 0 Å². The summed E-state index contributed by atoms with van der Waals surface area (Å²) in [4.78, 5) is 0.411. The smallest absolute Gasteiger partial charge is 0.243 e. The van der Waals surface area contributed by atoms with Gasteiger partial charge in [-0.1, -0.05) is 12.1 Å². The first kappa shape index (κ1) is 14.3. The molecule has 0 spiro atoms. The molecule has 1 aromatic carbocycles. The van der Waals surface area contributed by atoms with Crippen LogP contribution in [-0.2, 0) is 10.0 Å². The summed E-state index contributed by atoms with van der Waals surface area (Å²) in [7, 11) is -3.48. The fourth-order valence-electron chi connectivity index (χ4n) is 2.90. The van der Waals surface area contributed by atoms with Gasteiger partial charge >= 0.3 is 0 Å². The number of hydrogen-bond acceptors (Lipinski definition) is 3. The van der Waals surface area contributed by atoms with Crippen molar-refractivity contribution in [3.05, 3.63) is 47.3 Å². The molecule has 3 rings (SSSR count). The average molecular weight is 305 g/mol. The molecular formula is C15H19N3O2S. The summed E-state index contributed by atoms with van der Waals surface area (Å²) < 4.78 is 27.6.